The average molecular weight is 429 g/mol. The van der Waals surface area contributed by atoms with Gasteiger partial charge in [0.1, 0.15) is 0 Å². The van der Waals surface area contributed by atoms with Gasteiger partial charge in [0.2, 0.25) is 0 Å². The molecular formula is C29H48O2. The highest BCUT2D eigenvalue weighted by molar-refractivity contribution is 5.29. The lowest BCUT2D eigenvalue weighted by molar-refractivity contribution is -0.142. The van der Waals surface area contributed by atoms with E-state index in [4.69, 9.17) is 0 Å². The van der Waals surface area contributed by atoms with Gasteiger partial charge >= 0.3 is 0 Å². The lowest BCUT2D eigenvalue weighted by Crippen LogP contribution is -2.55. The average Bonchev–Trinajstić information content (AvgIpc) is 3.27. The van der Waals surface area contributed by atoms with Gasteiger partial charge in [0.25, 0.3) is 0 Å². The third-order valence-electron chi connectivity index (χ3n) is 12.4. The number of hydrogen-bond acceptors (Lipinski definition) is 2. The van der Waals surface area contributed by atoms with Crippen molar-refractivity contribution in [2.75, 3.05) is 0 Å². The molecule has 0 aromatic heterocycles. The summed E-state index contributed by atoms with van der Waals surface area (Å²) in [7, 11) is 0. The normalized spacial score (nSPS) is 54.6. The molecule has 0 bridgehead atoms. The van der Waals surface area contributed by atoms with Crippen LogP contribution in [0.3, 0.4) is 0 Å². The zero-order valence-electron chi connectivity index (χ0n) is 21.1. The summed E-state index contributed by atoms with van der Waals surface area (Å²) in [5, 5.41) is 20.6. The van der Waals surface area contributed by atoms with Gasteiger partial charge in [-0.3, -0.25) is 0 Å². The number of aliphatic hydroxyl groups excluding tert-OH is 1. The lowest BCUT2D eigenvalue weighted by Gasteiger charge is -2.62. The van der Waals surface area contributed by atoms with E-state index in [0.29, 0.717) is 33.5 Å². The van der Waals surface area contributed by atoms with Gasteiger partial charge in [-0.1, -0.05) is 39.8 Å². The molecule has 5 rings (SSSR count). The van der Waals surface area contributed by atoms with Crippen molar-refractivity contribution in [3.63, 3.8) is 0 Å². The first-order valence-electron chi connectivity index (χ1n) is 13.5. The van der Waals surface area contributed by atoms with E-state index in [1.54, 1.807) is 0 Å². The second-order valence-corrected chi connectivity index (χ2v) is 13.9. The zero-order valence-corrected chi connectivity index (χ0v) is 21.1. The van der Waals surface area contributed by atoms with Gasteiger partial charge in [0.05, 0.1) is 11.7 Å². The SMILES string of the molecule is C[C@H](CC=CC(C)(C)O)[C@H]1CC[C@@]2(C)[C@@H]3CC[C@H]4[C@H](C)C(O)CC[C@@]45C[C@@]35CC[C@]12C. The Labute approximate surface area is 191 Å². The summed E-state index contributed by atoms with van der Waals surface area (Å²) in [6.07, 6.45) is 17.5. The molecule has 10 atom stereocenters. The van der Waals surface area contributed by atoms with Crippen molar-refractivity contribution in [2.24, 2.45) is 51.2 Å². The Morgan fingerprint density at radius 1 is 0.968 bits per heavy atom. The summed E-state index contributed by atoms with van der Waals surface area (Å²) < 4.78 is 0. The van der Waals surface area contributed by atoms with E-state index in [1.807, 2.05) is 19.9 Å². The third kappa shape index (κ3) is 2.89. The standard InChI is InChI=1S/C29H48O2/c1-19(8-7-13-25(3,4)31)21-11-14-27(6)24-10-9-22-20(2)23(30)12-15-28(22)18-29(24,28)17-16-26(21,27)5/h7,13,19-24,30-31H,8-12,14-18H2,1-6H3/t19-,20+,21-,22+,23?,24+,26-,27+,28-,29+/m1/s1. The number of allylic oxidation sites excluding steroid dienone is 1. The molecule has 0 amide bonds. The Kier molecular flexibility index (Phi) is 4.96. The van der Waals surface area contributed by atoms with Crippen LogP contribution in [-0.2, 0) is 0 Å². The minimum atomic E-state index is -0.700. The molecule has 0 radical (unpaired) electrons. The van der Waals surface area contributed by atoms with Crippen LogP contribution in [0.2, 0.25) is 0 Å². The van der Waals surface area contributed by atoms with Crippen LogP contribution in [0.1, 0.15) is 106 Å². The minimum Gasteiger partial charge on any atom is -0.393 e. The van der Waals surface area contributed by atoms with Crippen molar-refractivity contribution in [1.82, 2.24) is 0 Å². The van der Waals surface area contributed by atoms with Gasteiger partial charge < -0.3 is 10.2 Å². The van der Waals surface area contributed by atoms with Gasteiger partial charge in [-0.15, -0.1) is 0 Å². The van der Waals surface area contributed by atoms with E-state index < -0.39 is 5.60 Å². The maximum Gasteiger partial charge on any atom is 0.0771 e. The van der Waals surface area contributed by atoms with Crippen molar-refractivity contribution in [3.8, 4) is 0 Å². The highest BCUT2D eigenvalue weighted by atomic mass is 16.3. The largest absolute Gasteiger partial charge is 0.393 e. The number of hydrogen-bond donors (Lipinski definition) is 2. The topological polar surface area (TPSA) is 40.5 Å². The maximum atomic E-state index is 10.6. The molecule has 5 aliphatic carbocycles. The van der Waals surface area contributed by atoms with Crippen LogP contribution in [0.15, 0.2) is 12.2 Å². The molecule has 1 unspecified atom stereocenters. The fourth-order valence-corrected chi connectivity index (χ4v) is 10.7. The minimum absolute atomic E-state index is 0.0528. The van der Waals surface area contributed by atoms with Gasteiger partial charge in [0, 0.05) is 0 Å². The van der Waals surface area contributed by atoms with Crippen molar-refractivity contribution in [1.29, 1.82) is 0 Å². The van der Waals surface area contributed by atoms with E-state index in [1.165, 1.54) is 51.4 Å². The van der Waals surface area contributed by atoms with Gasteiger partial charge in [-0.25, -0.2) is 0 Å². The highest BCUT2D eigenvalue weighted by Crippen LogP contribution is 2.88. The van der Waals surface area contributed by atoms with Gasteiger partial charge in [-0.05, 0) is 129 Å². The van der Waals surface area contributed by atoms with E-state index in [9.17, 15) is 10.2 Å². The molecule has 2 N–H and O–H groups in total. The molecule has 0 aliphatic heterocycles. The Bertz CT molecular complexity index is 750. The first-order chi connectivity index (χ1) is 14.4. The van der Waals surface area contributed by atoms with Crippen LogP contribution in [0.4, 0.5) is 0 Å². The second kappa shape index (κ2) is 6.84. The molecule has 5 saturated carbocycles. The Morgan fingerprint density at radius 2 is 1.71 bits per heavy atom. The van der Waals surface area contributed by atoms with Crippen molar-refractivity contribution in [3.05, 3.63) is 12.2 Å². The van der Waals surface area contributed by atoms with Crippen molar-refractivity contribution in [2.45, 2.75) is 117 Å². The van der Waals surface area contributed by atoms with E-state index >= 15 is 0 Å². The van der Waals surface area contributed by atoms with E-state index in [2.05, 4.69) is 33.8 Å². The van der Waals surface area contributed by atoms with Gasteiger partial charge in [0.15, 0.2) is 0 Å². The number of rotatable bonds is 4. The molecular weight excluding hydrogens is 380 g/mol. The van der Waals surface area contributed by atoms with Crippen LogP contribution >= 0.6 is 0 Å². The number of aliphatic hydroxyl groups is 2. The van der Waals surface area contributed by atoms with Crippen molar-refractivity contribution >= 4 is 0 Å². The Balaban J connectivity index is 1.38. The summed E-state index contributed by atoms with van der Waals surface area (Å²) in [6, 6.07) is 0. The summed E-state index contributed by atoms with van der Waals surface area (Å²) in [5.41, 5.74) is 1.43. The summed E-state index contributed by atoms with van der Waals surface area (Å²) in [4.78, 5) is 0. The first-order valence-corrected chi connectivity index (χ1v) is 13.5. The van der Waals surface area contributed by atoms with Crippen molar-refractivity contribution < 1.29 is 10.2 Å². The fourth-order valence-electron chi connectivity index (χ4n) is 10.7. The maximum absolute atomic E-state index is 10.6. The molecule has 0 saturated heterocycles. The Hall–Kier alpha value is -0.340. The van der Waals surface area contributed by atoms with E-state index in [0.717, 1.165) is 30.6 Å². The fraction of sp³-hybridized carbons (Fsp3) is 0.931. The predicted molar refractivity (Wildman–Crippen MR) is 127 cm³/mol. The third-order valence-corrected chi connectivity index (χ3v) is 12.4. The summed E-state index contributed by atoms with van der Waals surface area (Å²) >= 11 is 0. The van der Waals surface area contributed by atoms with Crippen LogP contribution in [0, 0.1) is 51.2 Å². The monoisotopic (exact) mass is 428 g/mol. The molecule has 5 aliphatic rings. The molecule has 2 spiro atoms. The molecule has 176 valence electrons. The molecule has 31 heavy (non-hydrogen) atoms. The molecule has 0 aromatic carbocycles. The molecule has 2 nitrogen and oxygen atoms in total. The highest BCUT2D eigenvalue weighted by Gasteiger charge is 2.81. The smallest absolute Gasteiger partial charge is 0.0771 e. The second-order valence-electron chi connectivity index (χ2n) is 13.9. The first kappa shape index (κ1) is 22.5. The van der Waals surface area contributed by atoms with Crippen LogP contribution in [-0.4, -0.2) is 21.9 Å². The van der Waals surface area contributed by atoms with Gasteiger partial charge in [-0.2, -0.15) is 0 Å². The zero-order chi connectivity index (χ0) is 22.4. The van der Waals surface area contributed by atoms with Crippen LogP contribution in [0.5, 0.6) is 0 Å². The Morgan fingerprint density at radius 3 is 2.42 bits per heavy atom. The quantitative estimate of drug-likeness (QED) is 0.486. The molecule has 5 fully saturated rings. The summed E-state index contributed by atoms with van der Waals surface area (Å²) in [6.45, 7) is 13.9. The molecule has 0 heterocycles. The summed E-state index contributed by atoms with van der Waals surface area (Å²) in [5.74, 6) is 3.69. The van der Waals surface area contributed by atoms with Crippen LogP contribution in [0.25, 0.3) is 0 Å². The lowest BCUT2D eigenvalue weighted by atomic mass is 9.43. The number of fused-ring (bicyclic) bond motifs is 2. The predicted octanol–water partition coefficient (Wildman–Crippen LogP) is 6.75. The molecule has 0 aromatic rings. The van der Waals surface area contributed by atoms with E-state index in [-0.39, 0.29) is 6.10 Å². The molecule has 2 heteroatoms. The van der Waals surface area contributed by atoms with Crippen LogP contribution < -0.4 is 0 Å².